The maximum absolute atomic E-state index is 9.44. The molecule has 0 saturated carbocycles. The summed E-state index contributed by atoms with van der Waals surface area (Å²) in [6.45, 7) is 1.53. The van der Waals surface area contributed by atoms with Crippen molar-refractivity contribution in [1.82, 2.24) is 0 Å². The molecule has 0 fully saturated rings. The van der Waals surface area contributed by atoms with Crippen LogP contribution in [0.2, 0.25) is 0 Å². The summed E-state index contributed by atoms with van der Waals surface area (Å²) >= 11 is 2.72. The van der Waals surface area contributed by atoms with Crippen molar-refractivity contribution in [1.29, 1.82) is 0 Å². The zero-order chi connectivity index (χ0) is 3.58. The molecule has 0 aromatic rings. The molecule has 5 heavy (non-hydrogen) atoms. The summed E-state index contributed by atoms with van der Waals surface area (Å²) in [7, 11) is 0. The fourth-order valence-electron chi connectivity index (χ4n) is 0. The van der Waals surface area contributed by atoms with Gasteiger partial charge < -0.3 is 5.11 Å². The predicted octanol–water partition coefficient (Wildman–Crippen LogP) is -2.91. The Morgan fingerprint density at radius 3 is 1.80 bits per heavy atom. The SMILES string of the molecule is CC([O-])Br.[Na+]. The van der Waals surface area contributed by atoms with E-state index in [2.05, 4.69) is 15.9 Å². The second kappa shape index (κ2) is 5.44. The van der Waals surface area contributed by atoms with Crippen LogP contribution >= 0.6 is 15.9 Å². The van der Waals surface area contributed by atoms with E-state index in [-0.39, 0.29) is 29.6 Å². The molecule has 0 bridgehead atoms. The molecule has 0 rings (SSSR count). The molecule has 0 spiro atoms. The first-order valence-corrected chi connectivity index (χ1v) is 1.95. The summed E-state index contributed by atoms with van der Waals surface area (Å²) in [5.74, 6) is 0. The van der Waals surface area contributed by atoms with Crippen LogP contribution < -0.4 is 34.7 Å². The fraction of sp³-hybridized carbons (Fsp3) is 1.00. The average Bonchev–Trinajstić information content (AvgIpc) is 0.811. The molecule has 1 atom stereocenters. The van der Waals surface area contributed by atoms with Crippen molar-refractivity contribution < 1.29 is 34.7 Å². The van der Waals surface area contributed by atoms with Gasteiger partial charge in [-0.2, -0.15) is 0 Å². The van der Waals surface area contributed by atoms with Gasteiger partial charge in [-0.25, -0.2) is 0 Å². The molecule has 26 valence electrons. The molecule has 0 aliphatic carbocycles. The Labute approximate surface area is 62.2 Å². The minimum atomic E-state index is -0.604. The number of hydrogen-bond acceptors (Lipinski definition) is 1. The van der Waals surface area contributed by atoms with Gasteiger partial charge >= 0.3 is 29.6 Å². The summed E-state index contributed by atoms with van der Waals surface area (Å²) < 4.78 is 0. The van der Waals surface area contributed by atoms with Crippen LogP contribution in [0.5, 0.6) is 0 Å². The fourth-order valence-corrected chi connectivity index (χ4v) is 0. The van der Waals surface area contributed by atoms with Crippen LogP contribution in [0.1, 0.15) is 6.92 Å². The van der Waals surface area contributed by atoms with Gasteiger partial charge in [-0.1, -0.05) is 11.9 Å². The number of alkyl halides is 1. The van der Waals surface area contributed by atoms with Gasteiger partial charge in [0.25, 0.3) is 0 Å². The quantitative estimate of drug-likeness (QED) is 0.266. The van der Waals surface area contributed by atoms with Crippen LogP contribution in [-0.2, 0) is 0 Å². The van der Waals surface area contributed by atoms with E-state index in [1.165, 1.54) is 6.92 Å². The Morgan fingerprint density at radius 1 is 1.80 bits per heavy atom. The molecule has 0 aliphatic heterocycles. The average molecular weight is 147 g/mol. The molecule has 0 radical (unpaired) electrons. The van der Waals surface area contributed by atoms with Gasteiger partial charge in [0.05, 0.1) is 0 Å². The van der Waals surface area contributed by atoms with Crippen LogP contribution in [0.4, 0.5) is 0 Å². The first-order chi connectivity index (χ1) is 1.73. The monoisotopic (exact) mass is 146 g/mol. The standard InChI is InChI=1S/C2H4BrO.Na/c1-2(3)4;/h2H,1H3;/q-1;+1. The third kappa shape index (κ3) is 31.0. The number of hydrogen-bond donors (Lipinski definition) is 0. The zero-order valence-corrected chi connectivity index (χ0v) is 6.95. The van der Waals surface area contributed by atoms with Gasteiger partial charge in [-0.3, -0.25) is 0 Å². The second-order valence-corrected chi connectivity index (χ2v) is 1.83. The van der Waals surface area contributed by atoms with Gasteiger partial charge in [-0.15, -0.1) is 15.9 Å². The van der Waals surface area contributed by atoms with Crippen LogP contribution in [0.15, 0.2) is 0 Å². The molecule has 1 nitrogen and oxygen atoms in total. The Balaban J connectivity index is 0. The molecule has 3 heteroatoms. The minimum absolute atomic E-state index is 0. The summed E-state index contributed by atoms with van der Waals surface area (Å²) in [5, 5.41) is 8.84. The van der Waals surface area contributed by atoms with E-state index in [0.717, 1.165) is 0 Å². The maximum Gasteiger partial charge on any atom is 1.00 e. The number of rotatable bonds is 0. The van der Waals surface area contributed by atoms with Gasteiger partial charge in [0.15, 0.2) is 0 Å². The van der Waals surface area contributed by atoms with Crippen molar-refractivity contribution in [2.75, 3.05) is 0 Å². The summed E-state index contributed by atoms with van der Waals surface area (Å²) in [5.41, 5.74) is 0. The summed E-state index contributed by atoms with van der Waals surface area (Å²) in [6, 6.07) is 0. The molecule has 0 saturated heterocycles. The van der Waals surface area contributed by atoms with Crippen molar-refractivity contribution in [3.63, 3.8) is 0 Å². The molecule has 0 aromatic carbocycles. The topological polar surface area (TPSA) is 23.1 Å². The molecule has 0 N–H and O–H groups in total. The predicted molar refractivity (Wildman–Crippen MR) is 18.4 cm³/mol. The third-order valence-corrected chi connectivity index (χ3v) is 0. The molecule has 1 unspecified atom stereocenters. The van der Waals surface area contributed by atoms with Crippen LogP contribution in [0.25, 0.3) is 0 Å². The van der Waals surface area contributed by atoms with Gasteiger partial charge in [0.2, 0.25) is 0 Å². The van der Waals surface area contributed by atoms with E-state index in [1.54, 1.807) is 0 Å². The maximum atomic E-state index is 9.44. The smallest absolute Gasteiger partial charge is 0.844 e. The molecule has 0 aliphatic rings. The van der Waals surface area contributed by atoms with E-state index in [9.17, 15) is 5.11 Å². The summed E-state index contributed by atoms with van der Waals surface area (Å²) in [4.78, 5) is 0. The molecular formula is C2H4BrNaO. The molecule has 0 heterocycles. The van der Waals surface area contributed by atoms with Crippen molar-refractivity contribution in [2.45, 2.75) is 11.9 Å². The van der Waals surface area contributed by atoms with Crippen LogP contribution in [0.3, 0.4) is 0 Å². The van der Waals surface area contributed by atoms with Crippen LogP contribution in [0, 0.1) is 0 Å². The molecule has 0 aromatic heterocycles. The Hall–Kier alpha value is 1.44. The van der Waals surface area contributed by atoms with Crippen molar-refractivity contribution in [3.05, 3.63) is 0 Å². The van der Waals surface area contributed by atoms with E-state index in [1.807, 2.05) is 0 Å². The first kappa shape index (κ1) is 9.67. The van der Waals surface area contributed by atoms with Crippen molar-refractivity contribution in [2.24, 2.45) is 0 Å². The third-order valence-electron chi connectivity index (χ3n) is 0. The van der Waals surface area contributed by atoms with Gasteiger partial charge in [0, 0.05) is 0 Å². The van der Waals surface area contributed by atoms with Crippen LogP contribution in [-0.4, -0.2) is 5.01 Å². The largest absolute Gasteiger partial charge is 1.00 e. The van der Waals surface area contributed by atoms with Crippen molar-refractivity contribution in [3.8, 4) is 0 Å². The molecule has 0 amide bonds. The summed E-state index contributed by atoms with van der Waals surface area (Å²) in [6.07, 6.45) is 0. The second-order valence-electron chi connectivity index (χ2n) is 0.543. The van der Waals surface area contributed by atoms with E-state index in [4.69, 9.17) is 0 Å². The molecular weight excluding hydrogens is 143 g/mol. The van der Waals surface area contributed by atoms with Gasteiger partial charge in [0.1, 0.15) is 0 Å². The van der Waals surface area contributed by atoms with E-state index in [0.29, 0.717) is 0 Å². The normalized spacial score (nSPS) is 12.6. The van der Waals surface area contributed by atoms with Crippen molar-refractivity contribution >= 4 is 15.9 Å². The zero-order valence-electron chi connectivity index (χ0n) is 3.36. The Morgan fingerprint density at radius 2 is 1.80 bits per heavy atom. The Kier molecular flexibility index (Phi) is 10.5. The Bertz CT molecular complexity index is 14.4. The van der Waals surface area contributed by atoms with E-state index >= 15 is 0 Å². The first-order valence-electron chi connectivity index (χ1n) is 1.03. The van der Waals surface area contributed by atoms with Gasteiger partial charge in [-0.05, 0) is 0 Å². The van der Waals surface area contributed by atoms with E-state index < -0.39 is 5.01 Å². The number of halogens is 1. The minimum Gasteiger partial charge on any atom is -0.844 e.